The fourth-order valence-electron chi connectivity index (χ4n) is 4.49. The lowest BCUT2D eigenvalue weighted by atomic mass is 10.1. The van der Waals surface area contributed by atoms with Crippen LogP contribution in [-0.4, -0.2) is 44.8 Å². The van der Waals surface area contributed by atoms with E-state index in [1.54, 1.807) is 24.3 Å². The molecule has 0 saturated heterocycles. The number of carbonyl (C=O) groups excluding carboxylic acids is 1. The van der Waals surface area contributed by atoms with Crippen molar-refractivity contribution in [2.45, 2.75) is 18.4 Å². The van der Waals surface area contributed by atoms with Crippen LogP contribution in [0, 0.1) is 0 Å². The van der Waals surface area contributed by atoms with Crippen LogP contribution >= 0.6 is 0 Å². The molecule has 5 aromatic carbocycles. The fraction of sp³-hybridized carbons (Fsp3) is 0.0833. The SMILES string of the molecule is CC(=O)c1ccc(NS(=O)(=O)Cc2ccc(C(=O)O)cc2)cc1.O=C(O)c1ccc(CS(=O)(=O)Nc2ccc(-c3ccccc3)cc2)cc1. The van der Waals surface area contributed by atoms with Gasteiger partial charge in [-0.05, 0) is 89.8 Å². The second-order valence-corrected chi connectivity index (χ2v) is 14.2. The number of sulfonamides is 2. The lowest BCUT2D eigenvalue weighted by Crippen LogP contribution is -2.15. The van der Waals surface area contributed by atoms with Gasteiger partial charge in [0.1, 0.15) is 0 Å². The average molecular weight is 701 g/mol. The van der Waals surface area contributed by atoms with Crippen LogP contribution in [0.1, 0.15) is 49.1 Å². The predicted molar refractivity (Wildman–Crippen MR) is 188 cm³/mol. The topological polar surface area (TPSA) is 184 Å². The summed E-state index contributed by atoms with van der Waals surface area (Å²) in [4.78, 5) is 32.8. The average Bonchev–Trinajstić information content (AvgIpc) is 3.06. The highest BCUT2D eigenvalue weighted by Gasteiger charge is 2.14. The van der Waals surface area contributed by atoms with Crippen molar-refractivity contribution >= 4 is 49.1 Å². The van der Waals surface area contributed by atoms with E-state index in [1.165, 1.54) is 67.6 Å². The number of hydrogen-bond acceptors (Lipinski definition) is 7. The number of Topliss-reactive ketones (excluding diaryl/α,β-unsaturated/α-hetero) is 1. The Morgan fingerprint density at radius 3 is 1.20 bits per heavy atom. The molecule has 0 aliphatic rings. The molecule has 0 bridgehead atoms. The number of nitrogens with one attached hydrogen (secondary N) is 2. The summed E-state index contributed by atoms with van der Waals surface area (Å²) >= 11 is 0. The molecule has 13 heteroatoms. The second-order valence-electron chi connectivity index (χ2n) is 10.8. The summed E-state index contributed by atoms with van der Waals surface area (Å²) in [5, 5.41) is 17.7. The zero-order valence-corrected chi connectivity index (χ0v) is 27.7. The predicted octanol–water partition coefficient (Wildman–Crippen LogP) is 6.52. The minimum Gasteiger partial charge on any atom is -0.478 e. The fourth-order valence-corrected chi connectivity index (χ4v) is 6.89. The second kappa shape index (κ2) is 15.9. The molecule has 0 heterocycles. The van der Waals surface area contributed by atoms with Crippen LogP contribution in [0.15, 0.2) is 127 Å². The molecule has 0 aliphatic heterocycles. The first kappa shape index (κ1) is 36.1. The van der Waals surface area contributed by atoms with Crippen LogP contribution in [0.25, 0.3) is 11.1 Å². The smallest absolute Gasteiger partial charge is 0.335 e. The highest BCUT2D eigenvalue weighted by Crippen LogP contribution is 2.22. The first-order valence-electron chi connectivity index (χ1n) is 14.6. The minimum atomic E-state index is -3.64. The monoisotopic (exact) mass is 700 g/mol. The van der Waals surface area contributed by atoms with Crippen LogP contribution in [0.5, 0.6) is 0 Å². The van der Waals surface area contributed by atoms with E-state index in [0.29, 0.717) is 28.1 Å². The number of aromatic carboxylic acids is 2. The molecule has 0 spiro atoms. The number of anilines is 2. The summed E-state index contributed by atoms with van der Waals surface area (Å²) < 4.78 is 53.8. The normalized spacial score (nSPS) is 11.0. The zero-order valence-electron chi connectivity index (χ0n) is 26.1. The van der Waals surface area contributed by atoms with E-state index < -0.39 is 32.0 Å². The molecule has 0 radical (unpaired) electrons. The summed E-state index contributed by atoms with van der Waals surface area (Å²) in [7, 11) is -7.23. The van der Waals surface area contributed by atoms with Crippen molar-refractivity contribution in [1.29, 1.82) is 0 Å². The van der Waals surface area contributed by atoms with Crippen LogP contribution in [-0.2, 0) is 31.6 Å². The van der Waals surface area contributed by atoms with Gasteiger partial charge in [0.05, 0.1) is 22.6 Å². The van der Waals surface area contributed by atoms with Crippen molar-refractivity contribution in [3.63, 3.8) is 0 Å². The maximum atomic E-state index is 12.3. The molecule has 0 unspecified atom stereocenters. The Morgan fingerprint density at radius 2 is 0.837 bits per heavy atom. The summed E-state index contributed by atoms with van der Waals surface area (Å²) in [6, 6.07) is 34.5. The van der Waals surface area contributed by atoms with Crippen molar-refractivity contribution in [3.8, 4) is 11.1 Å². The van der Waals surface area contributed by atoms with E-state index in [4.69, 9.17) is 10.2 Å². The lowest BCUT2D eigenvalue weighted by Gasteiger charge is -2.09. The molecule has 0 amide bonds. The van der Waals surface area contributed by atoms with Gasteiger partial charge in [0.25, 0.3) is 0 Å². The molecule has 5 rings (SSSR count). The quantitative estimate of drug-likeness (QED) is 0.105. The van der Waals surface area contributed by atoms with Gasteiger partial charge >= 0.3 is 11.9 Å². The van der Waals surface area contributed by atoms with Crippen LogP contribution < -0.4 is 9.44 Å². The number of hydrogen-bond donors (Lipinski definition) is 4. The highest BCUT2D eigenvalue weighted by atomic mass is 32.2. The molecule has 252 valence electrons. The van der Waals surface area contributed by atoms with Crippen molar-refractivity contribution in [2.75, 3.05) is 9.44 Å². The molecule has 0 saturated carbocycles. The number of carboxylic acid groups (broad SMARTS) is 2. The molecule has 5 aromatic rings. The standard InChI is InChI=1S/C20H17NO4S.C16H15NO5S/c22-20(23)18-8-6-15(7-9-18)14-26(24,25)21-19-12-10-17(11-13-19)16-4-2-1-3-5-16;1-11(18)13-6-8-15(9-7-13)17-23(21,22)10-12-2-4-14(5-3-12)16(19)20/h1-13,21H,14H2,(H,22,23);2-9,17H,10H2,1H3,(H,19,20). The third kappa shape index (κ3) is 11.2. The third-order valence-corrected chi connectivity index (χ3v) is 9.47. The number of rotatable bonds is 12. The van der Waals surface area contributed by atoms with Gasteiger partial charge in [-0.2, -0.15) is 0 Å². The Labute approximate surface area is 284 Å². The van der Waals surface area contributed by atoms with Gasteiger partial charge in [0.2, 0.25) is 20.0 Å². The Kier molecular flexibility index (Phi) is 11.7. The van der Waals surface area contributed by atoms with Gasteiger partial charge in [-0.15, -0.1) is 0 Å². The van der Waals surface area contributed by atoms with Gasteiger partial charge in [-0.25, -0.2) is 26.4 Å². The lowest BCUT2D eigenvalue weighted by molar-refractivity contribution is 0.0686. The van der Waals surface area contributed by atoms with Gasteiger partial charge < -0.3 is 10.2 Å². The molecule has 0 aromatic heterocycles. The molecule has 49 heavy (non-hydrogen) atoms. The van der Waals surface area contributed by atoms with Crippen molar-refractivity contribution < 1.29 is 41.4 Å². The van der Waals surface area contributed by atoms with Gasteiger partial charge in [-0.1, -0.05) is 66.7 Å². The summed E-state index contributed by atoms with van der Waals surface area (Å²) in [6.07, 6.45) is 0. The summed E-state index contributed by atoms with van der Waals surface area (Å²) in [6.45, 7) is 1.43. The number of ketones is 1. The molecule has 0 aliphatic carbocycles. The largest absolute Gasteiger partial charge is 0.478 e. The summed E-state index contributed by atoms with van der Waals surface area (Å²) in [5.41, 5.74) is 4.60. The van der Waals surface area contributed by atoms with Crippen LogP contribution in [0.3, 0.4) is 0 Å². The molecular formula is C36H32N2O9S2. The zero-order chi connectivity index (χ0) is 35.6. The maximum absolute atomic E-state index is 12.3. The molecule has 11 nitrogen and oxygen atoms in total. The van der Waals surface area contributed by atoms with E-state index in [2.05, 4.69) is 9.44 Å². The molecule has 0 atom stereocenters. The van der Waals surface area contributed by atoms with Gasteiger partial charge in [0, 0.05) is 16.9 Å². The third-order valence-electron chi connectivity index (χ3n) is 6.95. The minimum absolute atomic E-state index is 0.0962. The van der Waals surface area contributed by atoms with E-state index in [0.717, 1.165) is 11.1 Å². The van der Waals surface area contributed by atoms with E-state index in [9.17, 15) is 31.2 Å². The highest BCUT2D eigenvalue weighted by molar-refractivity contribution is 7.92. The Morgan fingerprint density at radius 1 is 0.490 bits per heavy atom. The molecule has 0 fully saturated rings. The van der Waals surface area contributed by atoms with Crippen molar-refractivity contribution in [3.05, 3.63) is 155 Å². The Bertz CT molecular complexity index is 2070. The number of benzene rings is 5. The number of carboxylic acids is 2. The van der Waals surface area contributed by atoms with Crippen LogP contribution in [0.4, 0.5) is 11.4 Å². The van der Waals surface area contributed by atoms with E-state index in [1.807, 2.05) is 42.5 Å². The maximum Gasteiger partial charge on any atom is 0.335 e. The number of carbonyl (C=O) groups is 3. The van der Waals surface area contributed by atoms with E-state index >= 15 is 0 Å². The first-order chi connectivity index (χ1) is 23.2. The van der Waals surface area contributed by atoms with Crippen molar-refractivity contribution in [2.24, 2.45) is 0 Å². The molecule has 4 N–H and O–H groups in total. The Hall–Kier alpha value is -5.79. The first-order valence-corrected chi connectivity index (χ1v) is 17.9. The van der Waals surface area contributed by atoms with Gasteiger partial charge in [-0.3, -0.25) is 14.2 Å². The van der Waals surface area contributed by atoms with Crippen LogP contribution in [0.2, 0.25) is 0 Å². The Balaban J connectivity index is 0.000000223. The van der Waals surface area contributed by atoms with Gasteiger partial charge in [0.15, 0.2) is 5.78 Å². The summed E-state index contributed by atoms with van der Waals surface area (Å²) in [5.74, 6) is -2.72. The molecular weight excluding hydrogens is 669 g/mol. The van der Waals surface area contributed by atoms with Crippen molar-refractivity contribution in [1.82, 2.24) is 0 Å². The van der Waals surface area contributed by atoms with E-state index in [-0.39, 0.29) is 28.4 Å².